The van der Waals surface area contributed by atoms with E-state index in [4.69, 9.17) is 10.2 Å². The smallest absolute Gasteiger partial charge is 0.170 e. The molecule has 1 aromatic carbocycles. The molecule has 82 valence electrons. The van der Waals surface area contributed by atoms with Crippen LogP contribution in [0, 0.1) is 6.92 Å². The molecule has 0 atom stereocenters. The molecule has 0 radical (unpaired) electrons. The summed E-state index contributed by atoms with van der Waals surface area (Å²) in [6, 6.07) is 8.91. The molecular weight excluding hydrogens is 202 g/mol. The number of ketones is 1. The molecule has 0 bridgehead atoms. The fraction of sp³-hybridized carbons (Fsp3) is 0.154. The number of furan rings is 1. The number of benzene rings is 1. The summed E-state index contributed by atoms with van der Waals surface area (Å²) in [6.45, 7) is 1.91. The largest absolute Gasteiger partial charge is 0.469 e. The summed E-state index contributed by atoms with van der Waals surface area (Å²) in [5, 5.41) is 0. The van der Waals surface area contributed by atoms with Crippen LogP contribution in [-0.2, 0) is 6.42 Å². The number of anilines is 1. The zero-order valence-electron chi connectivity index (χ0n) is 9.07. The van der Waals surface area contributed by atoms with Crippen molar-refractivity contribution >= 4 is 11.5 Å². The Morgan fingerprint density at radius 3 is 2.81 bits per heavy atom. The van der Waals surface area contributed by atoms with Gasteiger partial charge in [-0.25, -0.2) is 0 Å². The Bertz CT molecular complexity index is 501. The molecule has 0 fully saturated rings. The highest BCUT2D eigenvalue weighted by Gasteiger charge is 2.09. The molecular formula is C13H13NO2. The second kappa shape index (κ2) is 4.23. The fourth-order valence-corrected chi connectivity index (χ4v) is 1.49. The monoisotopic (exact) mass is 215 g/mol. The first-order valence-corrected chi connectivity index (χ1v) is 5.08. The van der Waals surface area contributed by atoms with E-state index in [0.717, 1.165) is 5.56 Å². The van der Waals surface area contributed by atoms with Gasteiger partial charge < -0.3 is 10.2 Å². The van der Waals surface area contributed by atoms with Gasteiger partial charge in [-0.2, -0.15) is 0 Å². The standard InChI is InChI=1S/C13H13NO2/c1-9-4-5-10(7-12(9)14)13(15)8-11-3-2-6-16-11/h2-7H,8,14H2,1H3. The highest BCUT2D eigenvalue weighted by Crippen LogP contribution is 2.15. The van der Waals surface area contributed by atoms with Crippen molar-refractivity contribution < 1.29 is 9.21 Å². The van der Waals surface area contributed by atoms with Crippen LogP contribution in [0.25, 0.3) is 0 Å². The summed E-state index contributed by atoms with van der Waals surface area (Å²) in [7, 11) is 0. The Balaban J connectivity index is 2.18. The third-order valence-electron chi connectivity index (χ3n) is 2.52. The van der Waals surface area contributed by atoms with Gasteiger partial charge in [0, 0.05) is 11.3 Å². The molecule has 0 spiro atoms. The van der Waals surface area contributed by atoms with Crippen molar-refractivity contribution in [2.24, 2.45) is 0 Å². The molecule has 0 saturated heterocycles. The van der Waals surface area contributed by atoms with E-state index in [2.05, 4.69) is 0 Å². The lowest BCUT2D eigenvalue weighted by molar-refractivity contribution is 0.0987. The van der Waals surface area contributed by atoms with Crippen LogP contribution in [0.3, 0.4) is 0 Å². The van der Waals surface area contributed by atoms with Crippen molar-refractivity contribution in [1.82, 2.24) is 0 Å². The second-order valence-electron chi connectivity index (χ2n) is 3.75. The average Bonchev–Trinajstić information content (AvgIpc) is 2.74. The normalized spacial score (nSPS) is 10.3. The molecule has 1 aromatic heterocycles. The topological polar surface area (TPSA) is 56.2 Å². The van der Waals surface area contributed by atoms with Gasteiger partial charge in [-0.1, -0.05) is 12.1 Å². The summed E-state index contributed by atoms with van der Waals surface area (Å²) in [6.07, 6.45) is 1.83. The SMILES string of the molecule is Cc1ccc(C(=O)Cc2ccco2)cc1N. The molecule has 0 unspecified atom stereocenters. The Morgan fingerprint density at radius 1 is 1.38 bits per heavy atom. The summed E-state index contributed by atoms with van der Waals surface area (Å²) >= 11 is 0. The molecule has 3 heteroatoms. The lowest BCUT2D eigenvalue weighted by atomic mass is 10.0. The molecule has 0 aliphatic rings. The molecule has 0 aliphatic heterocycles. The van der Waals surface area contributed by atoms with Gasteiger partial charge in [-0.15, -0.1) is 0 Å². The number of aryl methyl sites for hydroxylation is 1. The third kappa shape index (κ3) is 2.14. The van der Waals surface area contributed by atoms with Crippen molar-refractivity contribution in [3.05, 3.63) is 53.5 Å². The maximum Gasteiger partial charge on any atom is 0.170 e. The number of carbonyl (C=O) groups is 1. The van der Waals surface area contributed by atoms with E-state index in [-0.39, 0.29) is 12.2 Å². The number of nitrogens with two attached hydrogens (primary N) is 1. The van der Waals surface area contributed by atoms with E-state index in [9.17, 15) is 4.79 Å². The molecule has 0 aliphatic carbocycles. The van der Waals surface area contributed by atoms with Crippen LogP contribution in [0.4, 0.5) is 5.69 Å². The van der Waals surface area contributed by atoms with Crippen LogP contribution < -0.4 is 5.73 Å². The maximum absolute atomic E-state index is 11.9. The van der Waals surface area contributed by atoms with E-state index in [1.807, 2.05) is 13.0 Å². The van der Waals surface area contributed by atoms with Gasteiger partial charge in [0.1, 0.15) is 5.76 Å². The predicted molar refractivity (Wildman–Crippen MR) is 62.3 cm³/mol. The fourth-order valence-electron chi connectivity index (χ4n) is 1.49. The third-order valence-corrected chi connectivity index (χ3v) is 2.52. The van der Waals surface area contributed by atoms with E-state index in [0.29, 0.717) is 17.0 Å². The number of nitrogen functional groups attached to an aromatic ring is 1. The van der Waals surface area contributed by atoms with Crippen LogP contribution in [0.5, 0.6) is 0 Å². The number of rotatable bonds is 3. The van der Waals surface area contributed by atoms with Gasteiger partial charge in [-0.05, 0) is 30.7 Å². The van der Waals surface area contributed by atoms with Crippen molar-refractivity contribution in [3.8, 4) is 0 Å². The van der Waals surface area contributed by atoms with Crippen molar-refractivity contribution in [2.75, 3.05) is 5.73 Å². The quantitative estimate of drug-likeness (QED) is 0.632. The Morgan fingerprint density at radius 2 is 2.19 bits per heavy atom. The molecule has 2 rings (SSSR count). The molecule has 2 N–H and O–H groups in total. The van der Waals surface area contributed by atoms with Crippen LogP contribution in [0.1, 0.15) is 21.7 Å². The zero-order chi connectivity index (χ0) is 11.5. The summed E-state index contributed by atoms with van der Waals surface area (Å²) in [4.78, 5) is 11.9. The molecule has 16 heavy (non-hydrogen) atoms. The van der Waals surface area contributed by atoms with Gasteiger partial charge in [0.05, 0.1) is 12.7 Å². The first-order valence-electron chi connectivity index (χ1n) is 5.08. The summed E-state index contributed by atoms with van der Waals surface area (Å²) in [5.41, 5.74) is 8.01. The van der Waals surface area contributed by atoms with E-state index >= 15 is 0 Å². The lowest BCUT2D eigenvalue weighted by Crippen LogP contribution is -2.04. The maximum atomic E-state index is 11.9. The van der Waals surface area contributed by atoms with Gasteiger partial charge in [0.2, 0.25) is 0 Å². The van der Waals surface area contributed by atoms with Gasteiger partial charge in [0.15, 0.2) is 5.78 Å². The Hall–Kier alpha value is -2.03. The first-order chi connectivity index (χ1) is 7.66. The number of Topliss-reactive ketones (excluding diaryl/α,β-unsaturated/α-hetero) is 1. The minimum atomic E-state index is 0.0154. The van der Waals surface area contributed by atoms with Gasteiger partial charge >= 0.3 is 0 Å². The average molecular weight is 215 g/mol. The van der Waals surface area contributed by atoms with Crippen molar-refractivity contribution in [1.29, 1.82) is 0 Å². The first kappa shape index (κ1) is 10.5. The molecule has 3 nitrogen and oxygen atoms in total. The molecule has 2 aromatic rings. The van der Waals surface area contributed by atoms with E-state index < -0.39 is 0 Å². The summed E-state index contributed by atoms with van der Waals surface area (Å²) < 4.78 is 5.13. The number of hydrogen-bond donors (Lipinski definition) is 1. The predicted octanol–water partition coefficient (Wildman–Crippen LogP) is 2.60. The van der Waals surface area contributed by atoms with Crippen LogP contribution >= 0.6 is 0 Å². The highest BCUT2D eigenvalue weighted by atomic mass is 16.3. The van der Waals surface area contributed by atoms with Crippen molar-refractivity contribution in [2.45, 2.75) is 13.3 Å². The van der Waals surface area contributed by atoms with Crippen LogP contribution in [0.15, 0.2) is 41.0 Å². The Kier molecular flexibility index (Phi) is 2.77. The molecule has 1 heterocycles. The number of hydrogen-bond acceptors (Lipinski definition) is 3. The second-order valence-corrected chi connectivity index (χ2v) is 3.75. The van der Waals surface area contributed by atoms with E-state index in [1.165, 1.54) is 0 Å². The number of carbonyl (C=O) groups excluding carboxylic acids is 1. The highest BCUT2D eigenvalue weighted by molar-refractivity contribution is 5.98. The van der Waals surface area contributed by atoms with Crippen LogP contribution in [-0.4, -0.2) is 5.78 Å². The molecule has 0 saturated carbocycles. The van der Waals surface area contributed by atoms with Crippen molar-refractivity contribution in [3.63, 3.8) is 0 Å². The van der Waals surface area contributed by atoms with Gasteiger partial charge in [0.25, 0.3) is 0 Å². The zero-order valence-corrected chi connectivity index (χ0v) is 9.07. The lowest BCUT2D eigenvalue weighted by Gasteiger charge is -2.03. The Labute approximate surface area is 93.9 Å². The minimum absolute atomic E-state index is 0.0154. The summed E-state index contributed by atoms with van der Waals surface area (Å²) in [5.74, 6) is 0.686. The van der Waals surface area contributed by atoms with Crippen LogP contribution in [0.2, 0.25) is 0 Å². The minimum Gasteiger partial charge on any atom is -0.469 e. The van der Waals surface area contributed by atoms with E-state index in [1.54, 1.807) is 30.5 Å². The molecule has 0 amide bonds. The van der Waals surface area contributed by atoms with Gasteiger partial charge in [-0.3, -0.25) is 4.79 Å².